The molecule has 1 N–H and O–H groups in total. The fraction of sp³-hybridized carbons (Fsp3) is 0.357. The lowest BCUT2D eigenvalue weighted by molar-refractivity contribution is -0.118. The number of hydrogen-bond acceptors (Lipinski definition) is 5. The normalized spacial score (nSPS) is 10.4. The second kappa shape index (κ2) is 7.12. The van der Waals surface area contributed by atoms with Gasteiger partial charge >= 0.3 is 0 Å². The van der Waals surface area contributed by atoms with E-state index in [-0.39, 0.29) is 5.91 Å². The summed E-state index contributed by atoms with van der Waals surface area (Å²) in [4.78, 5) is 11.5. The van der Waals surface area contributed by atoms with Crippen LogP contribution in [0.25, 0.3) is 11.4 Å². The van der Waals surface area contributed by atoms with Crippen LogP contribution < -0.4 is 10.1 Å². The van der Waals surface area contributed by atoms with E-state index in [0.717, 1.165) is 17.1 Å². The lowest BCUT2D eigenvalue weighted by atomic mass is 10.2. The molecule has 0 atom stereocenters. The summed E-state index contributed by atoms with van der Waals surface area (Å²) in [6.45, 7) is 2.53. The van der Waals surface area contributed by atoms with Crippen LogP contribution in [0.2, 0.25) is 0 Å². The summed E-state index contributed by atoms with van der Waals surface area (Å²) in [7, 11) is 3.52. The third-order valence-electron chi connectivity index (χ3n) is 2.89. The van der Waals surface area contributed by atoms with E-state index in [1.165, 1.54) is 11.8 Å². The van der Waals surface area contributed by atoms with E-state index < -0.39 is 0 Å². The summed E-state index contributed by atoms with van der Waals surface area (Å²) >= 11 is 1.37. The molecule has 0 aliphatic heterocycles. The van der Waals surface area contributed by atoms with Gasteiger partial charge in [-0.2, -0.15) is 0 Å². The quantitative estimate of drug-likeness (QED) is 0.823. The van der Waals surface area contributed by atoms with Crippen LogP contribution in [0.3, 0.4) is 0 Å². The Balaban J connectivity index is 2.10. The van der Waals surface area contributed by atoms with Gasteiger partial charge in [0.15, 0.2) is 11.0 Å². The highest BCUT2D eigenvalue weighted by Gasteiger charge is 2.12. The van der Waals surface area contributed by atoms with Crippen molar-refractivity contribution in [2.45, 2.75) is 12.1 Å². The van der Waals surface area contributed by atoms with Crippen molar-refractivity contribution in [3.05, 3.63) is 24.3 Å². The molecule has 0 radical (unpaired) electrons. The van der Waals surface area contributed by atoms with Crippen LogP contribution >= 0.6 is 11.8 Å². The number of carbonyl (C=O) groups excluding carboxylic acids is 1. The zero-order valence-electron chi connectivity index (χ0n) is 12.3. The second-order valence-corrected chi connectivity index (χ2v) is 5.28. The van der Waals surface area contributed by atoms with Gasteiger partial charge in [-0.3, -0.25) is 4.79 Å². The molecule has 1 aromatic carbocycles. The molecule has 0 saturated heterocycles. The number of hydrogen-bond donors (Lipinski definition) is 1. The minimum absolute atomic E-state index is 0.00324. The van der Waals surface area contributed by atoms with E-state index in [9.17, 15) is 4.79 Å². The number of thioether (sulfide) groups is 1. The Labute approximate surface area is 127 Å². The van der Waals surface area contributed by atoms with Crippen LogP contribution in [0.4, 0.5) is 0 Å². The average Bonchev–Trinajstić information content (AvgIpc) is 2.87. The van der Waals surface area contributed by atoms with Crippen molar-refractivity contribution in [1.29, 1.82) is 0 Å². The minimum atomic E-state index is -0.00324. The maximum atomic E-state index is 11.5. The molecule has 1 heterocycles. The minimum Gasteiger partial charge on any atom is -0.497 e. The monoisotopic (exact) mass is 306 g/mol. The molecular weight excluding hydrogens is 288 g/mol. The molecule has 2 rings (SSSR count). The number of ether oxygens (including phenoxy) is 1. The van der Waals surface area contributed by atoms with Gasteiger partial charge in [0.2, 0.25) is 5.91 Å². The molecular formula is C14H18N4O2S. The zero-order chi connectivity index (χ0) is 15.2. The summed E-state index contributed by atoms with van der Waals surface area (Å²) in [5.74, 6) is 1.89. The fourth-order valence-electron chi connectivity index (χ4n) is 1.81. The maximum Gasteiger partial charge on any atom is 0.230 e. The third kappa shape index (κ3) is 3.75. The predicted octanol–water partition coefficient (Wildman–Crippen LogP) is 1.72. The summed E-state index contributed by atoms with van der Waals surface area (Å²) in [5.41, 5.74) is 0.954. The molecule has 0 fully saturated rings. The molecule has 112 valence electrons. The lowest BCUT2D eigenvalue weighted by Gasteiger charge is -2.05. The molecule has 7 heteroatoms. The lowest BCUT2D eigenvalue weighted by Crippen LogP contribution is -2.24. The Bertz CT molecular complexity index is 610. The molecule has 0 unspecified atom stereocenters. The maximum absolute atomic E-state index is 11.5. The van der Waals surface area contributed by atoms with Gasteiger partial charge in [-0.15, -0.1) is 10.2 Å². The van der Waals surface area contributed by atoms with Gasteiger partial charge in [0.05, 0.1) is 12.9 Å². The van der Waals surface area contributed by atoms with Crippen LogP contribution in [-0.2, 0) is 11.8 Å². The topological polar surface area (TPSA) is 69.0 Å². The molecule has 0 bridgehead atoms. The molecule has 0 saturated carbocycles. The molecule has 21 heavy (non-hydrogen) atoms. The van der Waals surface area contributed by atoms with Crippen molar-refractivity contribution in [2.24, 2.45) is 7.05 Å². The van der Waals surface area contributed by atoms with Gasteiger partial charge in [-0.1, -0.05) is 11.8 Å². The number of carbonyl (C=O) groups is 1. The molecule has 0 spiro atoms. The number of amides is 1. The van der Waals surface area contributed by atoms with Crippen molar-refractivity contribution >= 4 is 17.7 Å². The van der Waals surface area contributed by atoms with Crippen molar-refractivity contribution in [2.75, 3.05) is 19.4 Å². The van der Waals surface area contributed by atoms with E-state index in [0.29, 0.717) is 17.5 Å². The summed E-state index contributed by atoms with van der Waals surface area (Å²) in [6, 6.07) is 7.62. The number of aromatic nitrogens is 3. The first-order chi connectivity index (χ1) is 10.2. The molecule has 0 aliphatic rings. The molecule has 2 aromatic rings. The Kier molecular flexibility index (Phi) is 5.21. The van der Waals surface area contributed by atoms with E-state index in [1.807, 2.05) is 42.8 Å². The highest BCUT2D eigenvalue weighted by molar-refractivity contribution is 7.99. The van der Waals surface area contributed by atoms with Gasteiger partial charge in [0, 0.05) is 19.2 Å². The standard InChI is InChI=1S/C14H18N4O2S/c1-4-15-12(19)9-21-14-17-16-13(18(14)2)10-5-7-11(20-3)8-6-10/h5-8H,4,9H2,1-3H3,(H,15,19). The number of methoxy groups -OCH3 is 1. The Morgan fingerprint density at radius 1 is 1.33 bits per heavy atom. The summed E-state index contributed by atoms with van der Waals surface area (Å²) in [5, 5.41) is 11.8. The number of benzene rings is 1. The first kappa shape index (κ1) is 15.4. The van der Waals surface area contributed by atoms with E-state index in [4.69, 9.17) is 4.74 Å². The largest absolute Gasteiger partial charge is 0.497 e. The van der Waals surface area contributed by atoms with Crippen LogP contribution in [0.5, 0.6) is 5.75 Å². The van der Waals surface area contributed by atoms with E-state index >= 15 is 0 Å². The molecule has 1 aromatic heterocycles. The first-order valence-corrected chi connectivity index (χ1v) is 7.57. The summed E-state index contributed by atoms with van der Waals surface area (Å²) < 4.78 is 7.02. The Morgan fingerprint density at radius 3 is 2.67 bits per heavy atom. The molecule has 0 aliphatic carbocycles. The van der Waals surface area contributed by atoms with Crippen LogP contribution in [-0.4, -0.2) is 40.1 Å². The summed E-state index contributed by atoms with van der Waals surface area (Å²) in [6.07, 6.45) is 0. The van der Waals surface area contributed by atoms with Gasteiger partial charge < -0.3 is 14.6 Å². The van der Waals surface area contributed by atoms with Crippen molar-refractivity contribution in [3.63, 3.8) is 0 Å². The highest BCUT2D eigenvalue weighted by atomic mass is 32.2. The van der Waals surface area contributed by atoms with E-state index in [2.05, 4.69) is 15.5 Å². The molecule has 1 amide bonds. The van der Waals surface area contributed by atoms with Gasteiger partial charge in [0.25, 0.3) is 0 Å². The Hall–Kier alpha value is -2.02. The Morgan fingerprint density at radius 2 is 2.05 bits per heavy atom. The SMILES string of the molecule is CCNC(=O)CSc1nnc(-c2ccc(OC)cc2)n1C. The van der Waals surface area contributed by atoms with Crippen molar-refractivity contribution < 1.29 is 9.53 Å². The van der Waals surface area contributed by atoms with Gasteiger partial charge in [0.1, 0.15) is 5.75 Å². The van der Waals surface area contributed by atoms with Crippen LogP contribution in [0.1, 0.15) is 6.92 Å². The second-order valence-electron chi connectivity index (χ2n) is 4.34. The number of nitrogens with one attached hydrogen (secondary N) is 1. The third-order valence-corrected chi connectivity index (χ3v) is 3.91. The predicted molar refractivity (Wildman–Crippen MR) is 82.4 cm³/mol. The first-order valence-electron chi connectivity index (χ1n) is 6.59. The van der Waals surface area contributed by atoms with Crippen LogP contribution in [0, 0.1) is 0 Å². The molecule has 6 nitrogen and oxygen atoms in total. The zero-order valence-corrected chi connectivity index (χ0v) is 13.1. The number of nitrogens with zero attached hydrogens (tertiary/aromatic N) is 3. The average molecular weight is 306 g/mol. The highest BCUT2D eigenvalue weighted by Crippen LogP contribution is 2.24. The number of rotatable bonds is 6. The smallest absolute Gasteiger partial charge is 0.230 e. The van der Waals surface area contributed by atoms with Gasteiger partial charge in [-0.05, 0) is 31.2 Å². The van der Waals surface area contributed by atoms with Gasteiger partial charge in [-0.25, -0.2) is 0 Å². The van der Waals surface area contributed by atoms with Crippen molar-refractivity contribution in [1.82, 2.24) is 20.1 Å². The van der Waals surface area contributed by atoms with Crippen molar-refractivity contribution in [3.8, 4) is 17.1 Å². The van der Waals surface area contributed by atoms with E-state index in [1.54, 1.807) is 7.11 Å². The fourth-order valence-corrected chi connectivity index (χ4v) is 2.55. The van der Waals surface area contributed by atoms with Crippen LogP contribution in [0.15, 0.2) is 29.4 Å².